The van der Waals surface area contributed by atoms with Crippen LogP contribution in [0.2, 0.25) is 5.02 Å². The summed E-state index contributed by atoms with van der Waals surface area (Å²) >= 11 is 6.20. The summed E-state index contributed by atoms with van der Waals surface area (Å²) in [6.45, 7) is 3.76. The molecule has 0 aliphatic carbocycles. The van der Waals surface area contributed by atoms with Crippen molar-refractivity contribution in [2.24, 2.45) is 5.92 Å². The molecular weight excluding hydrogens is 329 g/mol. The minimum atomic E-state index is -0.234. The number of likely N-dealkylation sites (N-methyl/N-ethyl adjacent to an activating group) is 1. The van der Waals surface area contributed by atoms with Crippen LogP contribution in [0.3, 0.4) is 0 Å². The van der Waals surface area contributed by atoms with Gasteiger partial charge in [-0.1, -0.05) is 17.7 Å². The molecule has 0 radical (unpaired) electrons. The molecule has 2 atom stereocenters. The minimum absolute atomic E-state index is 0.139. The fourth-order valence-corrected chi connectivity index (χ4v) is 4.04. The van der Waals surface area contributed by atoms with Gasteiger partial charge in [0, 0.05) is 56.9 Å². The third-order valence-corrected chi connectivity index (χ3v) is 5.54. The Bertz CT molecular complexity index is 590. The number of nitrogens with zero attached hydrogens (tertiary/aromatic N) is 3. The first kappa shape index (κ1) is 17.6. The molecule has 4 rings (SSSR count). The molecule has 1 aromatic rings. The fraction of sp³-hybridized carbons (Fsp3) is 0.611. The molecule has 0 aromatic heterocycles. The van der Waals surface area contributed by atoms with Gasteiger partial charge in [0.2, 0.25) is 5.91 Å². The van der Waals surface area contributed by atoms with Gasteiger partial charge in [0.15, 0.2) is 0 Å². The van der Waals surface area contributed by atoms with Crippen LogP contribution in [0.1, 0.15) is 18.4 Å². The van der Waals surface area contributed by atoms with Crippen LogP contribution in [0, 0.1) is 11.7 Å². The quantitative estimate of drug-likeness (QED) is 0.832. The zero-order chi connectivity index (χ0) is 17.3. The SMILES string of the molecule is CN(C)C(=O)CN1C[C@@H]2CC[C@H](C1)N(Cc1c(F)cccc1Cl)C2. The van der Waals surface area contributed by atoms with Gasteiger partial charge in [-0.25, -0.2) is 4.39 Å². The highest BCUT2D eigenvalue weighted by atomic mass is 35.5. The van der Waals surface area contributed by atoms with Crippen molar-refractivity contribution in [3.8, 4) is 0 Å². The number of amides is 1. The molecule has 3 fully saturated rings. The molecule has 132 valence electrons. The minimum Gasteiger partial charge on any atom is -0.348 e. The molecule has 3 saturated heterocycles. The predicted octanol–water partition coefficient (Wildman–Crippen LogP) is 2.46. The van der Waals surface area contributed by atoms with Gasteiger partial charge < -0.3 is 4.90 Å². The lowest BCUT2D eigenvalue weighted by Gasteiger charge is -2.36. The first-order valence-electron chi connectivity index (χ1n) is 8.53. The Labute approximate surface area is 148 Å². The summed E-state index contributed by atoms with van der Waals surface area (Å²) in [5.74, 6) is 0.437. The van der Waals surface area contributed by atoms with Gasteiger partial charge in [-0.2, -0.15) is 0 Å². The molecular formula is C18H25ClFN3O. The normalized spacial score (nSPS) is 24.8. The van der Waals surface area contributed by atoms with Gasteiger partial charge >= 0.3 is 0 Å². The molecule has 0 spiro atoms. The van der Waals surface area contributed by atoms with Gasteiger partial charge in [-0.05, 0) is 30.9 Å². The van der Waals surface area contributed by atoms with Crippen molar-refractivity contribution < 1.29 is 9.18 Å². The molecule has 1 aromatic carbocycles. The van der Waals surface area contributed by atoms with E-state index in [1.54, 1.807) is 31.1 Å². The van der Waals surface area contributed by atoms with Crippen LogP contribution in [0.5, 0.6) is 0 Å². The van der Waals surface area contributed by atoms with Crippen LogP contribution in [0.25, 0.3) is 0 Å². The second-order valence-electron chi connectivity index (χ2n) is 7.21. The maximum Gasteiger partial charge on any atom is 0.236 e. The van der Waals surface area contributed by atoms with E-state index in [1.807, 2.05) is 0 Å². The van der Waals surface area contributed by atoms with E-state index in [2.05, 4.69) is 9.80 Å². The van der Waals surface area contributed by atoms with Crippen molar-refractivity contribution in [1.82, 2.24) is 14.7 Å². The molecule has 4 nitrogen and oxygen atoms in total. The summed E-state index contributed by atoms with van der Waals surface area (Å²) in [6.07, 6.45) is 2.28. The maximum atomic E-state index is 14.1. The summed E-state index contributed by atoms with van der Waals surface area (Å²) in [4.78, 5) is 18.3. The summed E-state index contributed by atoms with van der Waals surface area (Å²) in [6, 6.07) is 5.22. The molecule has 3 aliphatic heterocycles. The van der Waals surface area contributed by atoms with E-state index in [4.69, 9.17) is 11.6 Å². The lowest BCUT2D eigenvalue weighted by Crippen LogP contribution is -2.44. The molecule has 3 heterocycles. The van der Waals surface area contributed by atoms with Gasteiger partial charge in [0.1, 0.15) is 5.82 Å². The van der Waals surface area contributed by atoms with Crippen LogP contribution in [0.15, 0.2) is 18.2 Å². The number of benzene rings is 1. The Hall–Kier alpha value is -1.17. The van der Waals surface area contributed by atoms with Gasteiger partial charge in [0.25, 0.3) is 0 Å². The number of fused-ring (bicyclic) bond motifs is 4. The van der Waals surface area contributed by atoms with E-state index in [0.29, 0.717) is 35.6 Å². The average Bonchev–Trinajstić information content (AvgIpc) is 2.81. The number of carbonyl (C=O) groups excluding carboxylic acids is 1. The third-order valence-electron chi connectivity index (χ3n) is 5.18. The molecule has 0 N–H and O–H groups in total. The first-order chi connectivity index (χ1) is 11.4. The lowest BCUT2D eigenvalue weighted by atomic mass is 9.94. The predicted molar refractivity (Wildman–Crippen MR) is 93.5 cm³/mol. The number of halogens is 2. The Kier molecular flexibility index (Phi) is 5.42. The van der Waals surface area contributed by atoms with Crippen LogP contribution in [-0.2, 0) is 11.3 Å². The summed E-state index contributed by atoms with van der Waals surface area (Å²) in [5.41, 5.74) is 0.586. The van der Waals surface area contributed by atoms with Crippen molar-refractivity contribution in [2.45, 2.75) is 25.4 Å². The topological polar surface area (TPSA) is 26.8 Å². The lowest BCUT2D eigenvalue weighted by molar-refractivity contribution is -0.130. The van der Waals surface area contributed by atoms with Gasteiger partial charge in [-0.15, -0.1) is 0 Å². The Balaban J connectivity index is 1.70. The Morgan fingerprint density at radius 1 is 1.29 bits per heavy atom. The molecule has 0 unspecified atom stereocenters. The molecule has 24 heavy (non-hydrogen) atoms. The standard InChI is InChI=1S/C18H25ClFN3O/c1-21(2)18(24)12-22-8-13-6-7-14(10-22)23(9-13)11-15-16(19)4-3-5-17(15)20/h3-5,13-14H,6-12H2,1-2H3/t13-,14+/m0/s1. The molecule has 3 aliphatic rings. The van der Waals surface area contributed by atoms with E-state index < -0.39 is 0 Å². The highest BCUT2D eigenvalue weighted by molar-refractivity contribution is 6.31. The third kappa shape index (κ3) is 3.90. The molecule has 1 amide bonds. The molecule has 2 bridgehead atoms. The molecule has 6 heteroatoms. The largest absolute Gasteiger partial charge is 0.348 e. The Morgan fingerprint density at radius 3 is 2.79 bits per heavy atom. The van der Waals surface area contributed by atoms with E-state index in [1.165, 1.54) is 12.5 Å². The van der Waals surface area contributed by atoms with Crippen molar-refractivity contribution in [1.29, 1.82) is 0 Å². The summed E-state index contributed by atoms with van der Waals surface area (Å²) in [7, 11) is 3.59. The fourth-order valence-electron chi connectivity index (χ4n) is 3.82. The number of carbonyl (C=O) groups is 1. The highest BCUT2D eigenvalue weighted by Gasteiger charge is 2.35. The maximum absolute atomic E-state index is 14.1. The Morgan fingerprint density at radius 2 is 2.08 bits per heavy atom. The number of hydrogen-bond donors (Lipinski definition) is 0. The highest BCUT2D eigenvalue weighted by Crippen LogP contribution is 2.31. The smallest absolute Gasteiger partial charge is 0.236 e. The second-order valence-corrected chi connectivity index (χ2v) is 7.62. The van der Waals surface area contributed by atoms with Crippen molar-refractivity contribution in [2.75, 3.05) is 40.3 Å². The molecule has 0 saturated carbocycles. The van der Waals surface area contributed by atoms with Crippen molar-refractivity contribution >= 4 is 17.5 Å². The van der Waals surface area contributed by atoms with Crippen molar-refractivity contribution in [3.05, 3.63) is 34.6 Å². The van der Waals surface area contributed by atoms with E-state index in [0.717, 1.165) is 26.1 Å². The second kappa shape index (κ2) is 7.38. The average molecular weight is 354 g/mol. The van der Waals surface area contributed by atoms with Crippen LogP contribution in [0.4, 0.5) is 4.39 Å². The van der Waals surface area contributed by atoms with Crippen molar-refractivity contribution in [3.63, 3.8) is 0 Å². The summed E-state index contributed by atoms with van der Waals surface area (Å²) in [5, 5.41) is 0.495. The van der Waals surface area contributed by atoms with Crippen LogP contribution in [-0.4, -0.2) is 66.9 Å². The van der Waals surface area contributed by atoms with Gasteiger partial charge in [-0.3, -0.25) is 14.6 Å². The van der Waals surface area contributed by atoms with E-state index in [-0.39, 0.29) is 11.7 Å². The van der Waals surface area contributed by atoms with Crippen LogP contribution < -0.4 is 0 Å². The van der Waals surface area contributed by atoms with E-state index in [9.17, 15) is 9.18 Å². The monoisotopic (exact) mass is 353 g/mol. The summed E-state index contributed by atoms with van der Waals surface area (Å²) < 4.78 is 14.1. The number of piperidine rings is 1. The van der Waals surface area contributed by atoms with Gasteiger partial charge in [0.05, 0.1) is 6.54 Å². The zero-order valence-electron chi connectivity index (χ0n) is 14.3. The zero-order valence-corrected chi connectivity index (χ0v) is 15.1. The number of hydrogen-bond acceptors (Lipinski definition) is 3. The number of rotatable bonds is 4. The van der Waals surface area contributed by atoms with E-state index >= 15 is 0 Å². The van der Waals surface area contributed by atoms with Crippen LogP contribution >= 0.6 is 11.6 Å². The first-order valence-corrected chi connectivity index (χ1v) is 8.91.